The molecule has 2 aromatic heterocycles. The Hall–Kier alpha value is -2.36. The van der Waals surface area contributed by atoms with Crippen LogP contribution in [0, 0.1) is 25.6 Å². The van der Waals surface area contributed by atoms with Crippen LogP contribution in [0.15, 0.2) is 36.5 Å². The molecule has 25 heavy (non-hydrogen) atoms. The number of halogens is 1. The fraction of sp³-hybridized carbons (Fsp3) is 0.381. The van der Waals surface area contributed by atoms with Gasteiger partial charge in [0.25, 0.3) is 0 Å². The third-order valence-electron chi connectivity index (χ3n) is 4.68. The molecule has 0 saturated carbocycles. The van der Waals surface area contributed by atoms with Crippen molar-refractivity contribution >= 4 is 10.9 Å². The summed E-state index contributed by atoms with van der Waals surface area (Å²) in [6.45, 7) is 9.80. The summed E-state index contributed by atoms with van der Waals surface area (Å²) in [6, 6.07) is 8.76. The molecule has 4 heteroatoms. The van der Waals surface area contributed by atoms with Crippen molar-refractivity contribution in [3.8, 4) is 5.88 Å². The molecule has 3 rings (SSSR count). The van der Waals surface area contributed by atoms with Crippen molar-refractivity contribution in [2.75, 3.05) is 6.61 Å². The minimum absolute atomic E-state index is 0.213. The molecule has 0 aliphatic carbocycles. The maximum absolute atomic E-state index is 13.6. The van der Waals surface area contributed by atoms with E-state index in [0.29, 0.717) is 24.9 Å². The second-order valence-corrected chi connectivity index (χ2v) is 6.97. The molecule has 3 aromatic rings. The van der Waals surface area contributed by atoms with Gasteiger partial charge in [-0.05, 0) is 55.5 Å². The second kappa shape index (κ2) is 7.26. The molecular formula is C21H25FN2O. The lowest BCUT2D eigenvalue weighted by Crippen LogP contribution is -2.07. The monoisotopic (exact) mass is 340 g/mol. The Morgan fingerprint density at radius 3 is 2.72 bits per heavy atom. The molecule has 1 aromatic carbocycles. The lowest BCUT2D eigenvalue weighted by molar-refractivity contribution is 0.281. The summed E-state index contributed by atoms with van der Waals surface area (Å²) >= 11 is 0. The van der Waals surface area contributed by atoms with Gasteiger partial charge in [-0.2, -0.15) is 0 Å². The Labute approximate surface area is 148 Å². The average Bonchev–Trinajstić information content (AvgIpc) is 2.81. The fourth-order valence-corrected chi connectivity index (χ4v) is 3.08. The molecule has 0 unspecified atom stereocenters. The minimum Gasteiger partial charge on any atom is -0.476 e. The first kappa shape index (κ1) is 17.5. The molecule has 0 fully saturated rings. The number of aryl methyl sites for hydroxylation is 1. The number of ether oxygens (including phenoxy) is 1. The van der Waals surface area contributed by atoms with Crippen molar-refractivity contribution in [2.24, 2.45) is 5.92 Å². The summed E-state index contributed by atoms with van der Waals surface area (Å²) in [7, 11) is 0. The van der Waals surface area contributed by atoms with Gasteiger partial charge in [-0.15, -0.1) is 0 Å². The zero-order valence-electron chi connectivity index (χ0n) is 15.3. The summed E-state index contributed by atoms with van der Waals surface area (Å²) in [5.41, 5.74) is 4.28. The molecule has 0 spiro atoms. The highest BCUT2D eigenvalue weighted by Gasteiger charge is 2.16. The van der Waals surface area contributed by atoms with Gasteiger partial charge in [0.05, 0.1) is 6.61 Å². The van der Waals surface area contributed by atoms with Gasteiger partial charge < -0.3 is 9.30 Å². The van der Waals surface area contributed by atoms with E-state index >= 15 is 0 Å². The Bertz CT molecular complexity index is 883. The predicted molar refractivity (Wildman–Crippen MR) is 99.7 cm³/mol. The van der Waals surface area contributed by atoms with E-state index in [1.165, 1.54) is 11.6 Å². The summed E-state index contributed by atoms with van der Waals surface area (Å²) in [5.74, 6) is 1.03. The van der Waals surface area contributed by atoms with Crippen LogP contribution >= 0.6 is 0 Å². The van der Waals surface area contributed by atoms with Gasteiger partial charge in [0.2, 0.25) is 5.88 Å². The lowest BCUT2D eigenvalue weighted by Gasteiger charge is -2.13. The first-order chi connectivity index (χ1) is 12.0. The molecule has 3 nitrogen and oxygen atoms in total. The van der Waals surface area contributed by atoms with Crippen LogP contribution in [0.2, 0.25) is 0 Å². The molecular weight excluding hydrogens is 315 g/mol. The summed E-state index contributed by atoms with van der Waals surface area (Å²) in [6.07, 6.45) is 2.78. The van der Waals surface area contributed by atoms with Crippen LogP contribution in [0.1, 0.15) is 37.1 Å². The van der Waals surface area contributed by atoms with E-state index < -0.39 is 0 Å². The van der Waals surface area contributed by atoms with E-state index in [4.69, 9.17) is 4.74 Å². The summed E-state index contributed by atoms with van der Waals surface area (Å²) < 4.78 is 21.7. The molecule has 0 atom stereocenters. The van der Waals surface area contributed by atoms with E-state index in [2.05, 4.69) is 37.2 Å². The molecule has 0 aliphatic rings. The zero-order valence-corrected chi connectivity index (χ0v) is 15.3. The third-order valence-corrected chi connectivity index (χ3v) is 4.68. The standard InChI is InChI=1S/C21H25FN2O/c1-14(2)9-11-25-21-20-19(8-10-23-21)15(3)16(4)24(20)13-17-6-5-7-18(22)12-17/h5-8,10,12,14H,9,11,13H2,1-4H3. The molecule has 0 N–H and O–H groups in total. The second-order valence-electron chi connectivity index (χ2n) is 6.97. The molecule has 0 bridgehead atoms. The Morgan fingerprint density at radius 2 is 2.00 bits per heavy atom. The highest BCUT2D eigenvalue weighted by Crippen LogP contribution is 2.31. The fourth-order valence-electron chi connectivity index (χ4n) is 3.08. The van der Waals surface area contributed by atoms with Gasteiger partial charge in [-0.1, -0.05) is 26.0 Å². The number of hydrogen-bond donors (Lipinski definition) is 0. The molecule has 2 heterocycles. The van der Waals surface area contributed by atoms with Gasteiger partial charge in [-0.25, -0.2) is 9.37 Å². The van der Waals surface area contributed by atoms with Gasteiger partial charge in [-0.3, -0.25) is 0 Å². The maximum atomic E-state index is 13.6. The highest BCUT2D eigenvalue weighted by molar-refractivity contribution is 5.89. The van der Waals surface area contributed by atoms with Crippen LogP contribution in [0.25, 0.3) is 10.9 Å². The van der Waals surface area contributed by atoms with Gasteiger partial charge in [0.15, 0.2) is 0 Å². The Balaban J connectivity index is 2.02. The number of pyridine rings is 1. The largest absolute Gasteiger partial charge is 0.476 e. The van der Waals surface area contributed by atoms with Crippen LogP contribution in [-0.2, 0) is 6.54 Å². The van der Waals surface area contributed by atoms with Crippen molar-refractivity contribution in [1.29, 1.82) is 0 Å². The Kier molecular flexibility index (Phi) is 5.07. The summed E-state index contributed by atoms with van der Waals surface area (Å²) in [5, 5.41) is 1.14. The normalized spacial score (nSPS) is 11.4. The van der Waals surface area contributed by atoms with Crippen molar-refractivity contribution in [3.05, 3.63) is 59.2 Å². The molecule has 0 radical (unpaired) electrons. The Morgan fingerprint density at radius 1 is 1.20 bits per heavy atom. The third kappa shape index (κ3) is 3.68. The van der Waals surface area contributed by atoms with E-state index in [-0.39, 0.29) is 5.82 Å². The first-order valence-corrected chi connectivity index (χ1v) is 8.79. The van der Waals surface area contributed by atoms with Crippen molar-refractivity contribution in [3.63, 3.8) is 0 Å². The number of fused-ring (bicyclic) bond motifs is 1. The number of hydrogen-bond acceptors (Lipinski definition) is 2. The van der Waals surface area contributed by atoms with Gasteiger partial charge >= 0.3 is 0 Å². The SMILES string of the molecule is Cc1c(C)n(Cc2cccc(F)c2)c2c(OCCC(C)C)nccc12. The topological polar surface area (TPSA) is 27.1 Å². The number of nitrogens with zero attached hydrogens (tertiary/aromatic N) is 2. The van der Waals surface area contributed by atoms with Crippen LogP contribution < -0.4 is 4.74 Å². The van der Waals surface area contributed by atoms with Crippen molar-refractivity contribution in [1.82, 2.24) is 9.55 Å². The smallest absolute Gasteiger partial charge is 0.238 e. The summed E-state index contributed by atoms with van der Waals surface area (Å²) in [4.78, 5) is 4.46. The molecule has 0 aliphatic heterocycles. The van der Waals surface area contributed by atoms with Crippen molar-refractivity contribution in [2.45, 2.75) is 40.7 Å². The maximum Gasteiger partial charge on any atom is 0.238 e. The number of benzene rings is 1. The van der Waals surface area contributed by atoms with Gasteiger partial charge in [0.1, 0.15) is 11.3 Å². The van der Waals surface area contributed by atoms with E-state index in [9.17, 15) is 4.39 Å². The van der Waals surface area contributed by atoms with E-state index in [0.717, 1.165) is 28.6 Å². The van der Waals surface area contributed by atoms with Gasteiger partial charge in [0, 0.05) is 23.8 Å². The van der Waals surface area contributed by atoms with Crippen LogP contribution in [0.3, 0.4) is 0 Å². The van der Waals surface area contributed by atoms with E-state index in [1.54, 1.807) is 18.3 Å². The quantitative estimate of drug-likeness (QED) is 0.611. The van der Waals surface area contributed by atoms with E-state index in [1.807, 2.05) is 12.1 Å². The van der Waals surface area contributed by atoms with Crippen LogP contribution in [-0.4, -0.2) is 16.2 Å². The molecule has 0 amide bonds. The average molecular weight is 340 g/mol. The molecule has 0 saturated heterocycles. The number of aromatic nitrogens is 2. The number of rotatable bonds is 6. The van der Waals surface area contributed by atoms with Crippen molar-refractivity contribution < 1.29 is 9.13 Å². The highest BCUT2D eigenvalue weighted by atomic mass is 19.1. The minimum atomic E-state index is -0.213. The lowest BCUT2D eigenvalue weighted by atomic mass is 10.1. The predicted octanol–water partition coefficient (Wildman–Crippen LogP) is 5.27. The van der Waals surface area contributed by atoms with Crippen LogP contribution in [0.4, 0.5) is 4.39 Å². The van der Waals surface area contributed by atoms with Crippen LogP contribution in [0.5, 0.6) is 5.88 Å². The molecule has 132 valence electrons. The first-order valence-electron chi connectivity index (χ1n) is 8.79. The zero-order chi connectivity index (χ0) is 18.0.